The molecule has 0 bridgehead atoms. The Hall–Kier alpha value is -1.51. The molecule has 1 saturated heterocycles. The van der Waals surface area contributed by atoms with E-state index < -0.39 is 0 Å². The molecule has 3 heteroatoms. The van der Waals surface area contributed by atoms with E-state index in [1.54, 1.807) is 0 Å². The Bertz CT molecular complexity index is 498. The summed E-state index contributed by atoms with van der Waals surface area (Å²) in [7, 11) is 0. The number of nitrogens with zero attached hydrogens (tertiary/aromatic N) is 1. The van der Waals surface area contributed by atoms with Crippen molar-refractivity contribution in [3.63, 3.8) is 0 Å². The van der Waals surface area contributed by atoms with Crippen LogP contribution in [-0.2, 0) is 0 Å². The number of benzene rings is 1. The third kappa shape index (κ3) is 2.22. The predicted octanol–water partition coefficient (Wildman–Crippen LogP) is 2.98. The van der Waals surface area contributed by atoms with Crippen LogP contribution < -0.4 is 5.73 Å². The summed E-state index contributed by atoms with van der Waals surface area (Å²) in [5.41, 5.74) is 8.30. The first kappa shape index (κ1) is 12.5. The molecule has 0 aromatic heterocycles. The van der Waals surface area contributed by atoms with Crippen LogP contribution >= 0.6 is 0 Å². The normalized spacial score (nSPS) is 26.3. The molecule has 2 aliphatic rings. The number of rotatable bonds is 1. The smallest absolute Gasteiger partial charge is 0.254 e. The number of likely N-dealkylation sites (tertiary alicyclic amines) is 1. The van der Waals surface area contributed by atoms with Gasteiger partial charge >= 0.3 is 0 Å². The monoisotopic (exact) mass is 258 g/mol. The van der Waals surface area contributed by atoms with Crippen molar-refractivity contribution < 1.29 is 4.79 Å². The van der Waals surface area contributed by atoms with Crippen LogP contribution in [0.5, 0.6) is 0 Å². The number of hydrogen-bond acceptors (Lipinski definition) is 2. The van der Waals surface area contributed by atoms with Gasteiger partial charge in [0.2, 0.25) is 0 Å². The molecule has 2 fully saturated rings. The second kappa shape index (κ2) is 4.87. The highest BCUT2D eigenvalue weighted by Gasteiger charge is 2.38. The van der Waals surface area contributed by atoms with E-state index in [2.05, 4.69) is 4.90 Å². The van der Waals surface area contributed by atoms with Gasteiger partial charge in [0.1, 0.15) is 0 Å². The Morgan fingerprint density at radius 1 is 1.26 bits per heavy atom. The van der Waals surface area contributed by atoms with Crippen LogP contribution in [0.2, 0.25) is 0 Å². The van der Waals surface area contributed by atoms with Crippen LogP contribution in [0.4, 0.5) is 5.69 Å². The van der Waals surface area contributed by atoms with Gasteiger partial charge in [0.15, 0.2) is 0 Å². The highest BCUT2D eigenvalue weighted by atomic mass is 16.2. The first-order chi connectivity index (χ1) is 9.16. The van der Waals surface area contributed by atoms with Gasteiger partial charge in [0, 0.05) is 23.8 Å². The first-order valence-corrected chi connectivity index (χ1v) is 7.34. The van der Waals surface area contributed by atoms with Crippen molar-refractivity contribution in [3.8, 4) is 0 Å². The fraction of sp³-hybridized carbons (Fsp3) is 0.562. The predicted molar refractivity (Wildman–Crippen MR) is 77.0 cm³/mol. The molecule has 1 aliphatic carbocycles. The Morgan fingerprint density at radius 2 is 2.05 bits per heavy atom. The van der Waals surface area contributed by atoms with Crippen molar-refractivity contribution in [1.82, 2.24) is 4.90 Å². The highest BCUT2D eigenvalue weighted by Crippen LogP contribution is 2.37. The number of nitrogens with two attached hydrogens (primary N) is 1. The van der Waals surface area contributed by atoms with Gasteiger partial charge in [-0.15, -0.1) is 0 Å². The quantitative estimate of drug-likeness (QED) is 0.787. The molecule has 19 heavy (non-hydrogen) atoms. The van der Waals surface area contributed by atoms with Crippen LogP contribution in [0.25, 0.3) is 0 Å². The van der Waals surface area contributed by atoms with Gasteiger partial charge in [-0.05, 0) is 55.9 Å². The lowest BCUT2D eigenvalue weighted by atomic mass is 9.85. The van der Waals surface area contributed by atoms with E-state index in [-0.39, 0.29) is 5.91 Å². The van der Waals surface area contributed by atoms with E-state index in [1.807, 2.05) is 25.1 Å². The maximum Gasteiger partial charge on any atom is 0.254 e. The van der Waals surface area contributed by atoms with Crippen LogP contribution in [0.15, 0.2) is 18.2 Å². The number of carbonyl (C=O) groups is 1. The molecule has 1 aromatic carbocycles. The molecular formula is C16H22N2O. The van der Waals surface area contributed by atoms with Gasteiger partial charge in [0.05, 0.1) is 0 Å². The molecule has 1 amide bonds. The summed E-state index contributed by atoms with van der Waals surface area (Å²) in [4.78, 5) is 14.8. The third-order valence-corrected chi connectivity index (χ3v) is 4.75. The molecule has 102 valence electrons. The fourth-order valence-electron chi connectivity index (χ4n) is 3.74. The molecule has 2 N–H and O–H groups in total. The van der Waals surface area contributed by atoms with Gasteiger partial charge in [-0.3, -0.25) is 4.79 Å². The minimum absolute atomic E-state index is 0.201. The molecule has 2 unspecified atom stereocenters. The minimum atomic E-state index is 0.201. The van der Waals surface area contributed by atoms with Crippen LogP contribution in [0, 0.1) is 12.8 Å². The molecule has 2 atom stereocenters. The van der Waals surface area contributed by atoms with E-state index in [4.69, 9.17) is 5.73 Å². The van der Waals surface area contributed by atoms with Gasteiger partial charge < -0.3 is 10.6 Å². The zero-order valence-corrected chi connectivity index (χ0v) is 11.6. The summed E-state index contributed by atoms with van der Waals surface area (Å²) < 4.78 is 0. The van der Waals surface area contributed by atoms with E-state index in [1.165, 1.54) is 32.1 Å². The van der Waals surface area contributed by atoms with E-state index >= 15 is 0 Å². The third-order valence-electron chi connectivity index (χ3n) is 4.75. The summed E-state index contributed by atoms with van der Waals surface area (Å²) in [6.07, 6.45) is 6.28. The highest BCUT2D eigenvalue weighted by molar-refractivity contribution is 5.96. The lowest BCUT2D eigenvalue weighted by molar-refractivity contribution is 0.0689. The molecule has 1 aliphatic heterocycles. The van der Waals surface area contributed by atoms with Crippen molar-refractivity contribution in [3.05, 3.63) is 29.3 Å². The van der Waals surface area contributed by atoms with Crippen molar-refractivity contribution >= 4 is 11.6 Å². The Labute approximate surface area is 114 Å². The largest absolute Gasteiger partial charge is 0.399 e. The number of amides is 1. The molecule has 3 nitrogen and oxygen atoms in total. The SMILES string of the molecule is Cc1cc(N)ccc1C(=O)N1CCC2CCCCC21. The zero-order valence-electron chi connectivity index (χ0n) is 11.6. The number of hydrogen-bond donors (Lipinski definition) is 1. The van der Waals surface area contributed by atoms with Gasteiger partial charge in [-0.2, -0.15) is 0 Å². The van der Waals surface area contributed by atoms with E-state index in [0.717, 1.165) is 29.3 Å². The van der Waals surface area contributed by atoms with Crippen LogP contribution in [-0.4, -0.2) is 23.4 Å². The summed E-state index contributed by atoms with van der Waals surface area (Å²) in [6.45, 7) is 2.90. The topological polar surface area (TPSA) is 46.3 Å². The minimum Gasteiger partial charge on any atom is -0.399 e. The van der Waals surface area contributed by atoms with E-state index in [9.17, 15) is 4.79 Å². The average Bonchev–Trinajstić information content (AvgIpc) is 2.82. The van der Waals surface area contributed by atoms with E-state index in [0.29, 0.717) is 6.04 Å². The van der Waals surface area contributed by atoms with Crippen LogP contribution in [0.1, 0.15) is 48.0 Å². The summed E-state index contributed by atoms with van der Waals surface area (Å²) >= 11 is 0. The maximum absolute atomic E-state index is 12.7. The lowest BCUT2D eigenvalue weighted by Gasteiger charge is -2.32. The average molecular weight is 258 g/mol. The van der Waals surface area contributed by atoms with Crippen molar-refractivity contribution in [2.75, 3.05) is 12.3 Å². The number of aryl methyl sites for hydroxylation is 1. The first-order valence-electron chi connectivity index (χ1n) is 7.34. The summed E-state index contributed by atoms with van der Waals surface area (Å²) in [5, 5.41) is 0. The number of anilines is 1. The second-order valence-electron chi connectivity index (χ2n) is 5.97. The second-order valence-corrected chi connectivity index (χ2v) is 5.97. The Morgan fingerprint density at radius 3 is 2.84 bits per heavy atom. The molecule has 1 aromatic rings. The molecule has 3 rings (SSSR count). The summed E-state index contributed by atoms with van der Waals surface area (Å²) in [5.74, 6) is 0.943. The Kier molecular flexibility index (Phi) is 3.21. The van der Waals surface area contributed by atoms with Gasteiger partial charge in [0.25, 0.3) is 5.91 Å². The van der Waals surface area contributed by atoms with Gasteiger partial charge in [-0.1, -0.05) is 12.8 Å². The molecule has 0 spiro atoms. The lowest BCUT2D eigenvalue weighted by Crippen LogP contribution is -2.39. The number of carbonyl (C=O) groups excluding carboxylic acids is 1. The standard InChI is InChI=1S/C16H22N2O/c1-11-10-13(17)6-7-14(11)16(19)18-9-8-12-4-2-3-5-15(12)18/h6-7,10,12,15H,2-5,8-9,17H2,1H3. The maximum atomic E-state index is 12.7. The number of fused-ring (bicyclic) bond motifs is 1. The zero-order chi connectivity index (χ0) is 13.4. The van der Waals surface area contributed by atoms with Crippen LogP contribution in [0.3, 0.4) is 0 Å². The molecule has 1 heterocycles. The molecular weight excluding hydrogens is 236 g/mol. The van der Waals surface area contributed by atoms with Gasteiger partial charge in [-0.25, -0.2) is 0 Å². The van der Waals surface area contributed by atoms with Crippen molar-refractivity contribution in [1.29, 1.82) is 0 Å². The van der Waals surface area contributed by atoms with Crippen molar-refractivity contribution in [2.24, 2.45) is 5.92 Å². The Balaban J connectivity index is 1.83. The summed E-state index contributed by atoms with van der Waals surface area (Å²) in [6, 6.07) is 6.08. The molecule has 1 saturated carbocycles. The molecule has 0 radical (unpaired) electrons. The number of nitrogen functional groups attached to an aromatic ring is 1. The fourth-order valence-corrected chi connectivity index (χ4v) is 3.74. The van der Waals surface area contributed by atoms with Crippen molar-refractivity contribution in [2.45, 2.75) is 45.1 Å².